The highest BCUT2D eigenvalue weighted by molar-refractivity contribution is 5.98. The smallest absolute Gasteiger partial charge is 0.134 e. The number of Topliss-reactive ketones (excluding diaryl/α,β-unsaturated/α-hetero) is 1. The molecule has 1 nitrogen and oxygen atoms in total. The predicted molar refractivity (Wildman–Crippen MR) is 88.5 cm³/mol. The van der Waals surface area contributed by atoms with Gasteiger partial charge in [-0.1, -0.05) is 60.7 Å². The van der Waals surface area contributed by atoms with Gasteiger partial charge in [0.1, 0.15) is 5.78 Å². The highest BCUT2D eigenvalue weighted by Gasteiger charge is 2.07. The van der Waals surface area contributed by atoms with Gasteiger partial charge in [-0.3, -0.25) is 4.79 Å². The average Bonchev–Trinajstić information content (AvgIpc) is 2.48. The lowest BCUT2D eigenvalue weighted by atomic mass is 9.93. The molecule has 0 radical (unpaired) electrons. The molecule has 0 spiro atoms. The van der Waals surface area contributed by atoms with Crippen LogP contribution in [0.25, 0.3) is 21.9 Å². The van der Waals surface area contributed by atoms with Crippen molar-refractivity contribution < 1.29 is 4.79 Å². The number of ketones is 1. The highest BCUT2D eigenvalue weighted by atomic mass is 16.1. The lowest BCUT2D eigenvalue weighted by Gasteiger charge is -2.11. The number of fused-ring (bicyclic) bond motifs is 1. The zero-order valence-corrected chi connectivity index (χ0v) is 12.4. The number of hydrogen-bond acceptors (Lipinski definition) is 1. The molecule has 0 heterocycles. The minimum absolute atomic E-state index is 0.198. The van der Waals surface area contributed by atoms with Crippen LogP contribution in [0.4, 0.5) is 0 Å². The van der Waals surface area contributed by atoms with Crippen LogP contribution in [0, 0.1) is 6.92 Å². The fourth-order valence-electron chi connectivity index (χ4n) is 2.84. The SMILES string of the molecule is CC(=O)Cc1ccc(-c2c(C)ccc3ccccc23)cc1. The van der Waals surface area contributed by atoms with Crippen molar-refractivity contribution in [2.24, 2.45) is 0 Å². The van der Waals surface area contributed by atoms with E-state index in [1.165, 1.54) is 27.5 Å². The highest BCUT2D eigenvalue weighted by Crippen LogP contribution is 2.32. The molecule has 104 valence electrons. The summed E-state index contributed by atoms with van der Waals surface area (Å²) in [4.78, 5) is 11.2. The summed E-state index contributed by atoms with van der Waals surface area (Å²) in [7, 11) is 0. The fourth-order valence-corrected chi connectivity index (χ4v) is 2.84. The molecule has 3 aromatic rings. The van der Waals surface area contributed by atoms with E-state index in [2.05, 4.69) is 67.6 Å². The van der Waals surface area contributed by atoms with E-state index in [0.29, 0.717) is 6.42 Å². The summed E-state index contributed by atoms with van der Waals surface area (Å²) in [5, 5.41) is 2.53. The molecular weight excluding hydrogens is 256 g/mol. The van der Waals surface area contributed by atoms with Crippen molar-refractivity contribution in [3.8, 4) is 11.1 Å². The van der Waals surface area contributed by atoms with Gasteiger partial charge in [-0.25, -0.2) is 0 Å². The molecule has 0 aromatic heterocycles. The van der Waals surface area contributed by atoms with E-state index in [-0.39, 0.29) is 5.78 Å². The first-order valence-electron chi connectivity index (χ1n) is 7.22. The Hall–Kier alpha value is -2.41. The average molecular weight is 274 g/mol. The van der Waals surface area contributed by atoms with E-state index < -0.39 is 0 Å². The summed E-state index contributed by atoms with van der Waals surface area (Å²) >= 11 is 0. The van der Waals surface area contributed by atoms with Crippen molar-refractivity contribution in [1.82, 2.24) is 0 Å². The Morgan fingerprint density at radius 1 is 0.905 bits per heavy atom. The Bertz CT molecular complexity index is 798. The molecule has 3 aromatic carbocycles. The Morgan fingerprint density at radius 3 is 2.33 bits per heavy atom. The monoisotopic (exact) mass is 274 g/mol. The third kappa shape index (κ3) is 2.73. The van der Waals surface area contributed by atoms with E-state index in [1.54, 1.807) is 6.92 Å². The third-order valence-corrected chi connectivity index (χ3v) is 3.83. The molecule has 1 heteroatoms. The van der Waals surface area contributed by atoms with Crippen molar-refractivity contribution in [3.63, 3.8) is 0 Å². The van der Waals surface area contributed by atoms with Crippen LogP contribution < -0.4 is 0 Å². The van der Waals surface area contributed by atoms with Gasteiger partial charge in [-0.15, -0.1) is 0 Å². The van der Waals surface area contributed by atoms with Crippen LogP contribution in [0.3, 0.4) is 0 Å². The van der Waals surface area contributed by atoms with E-state index in [4.69, 9.17) is 0 Å². The number of benzene rings is 3. The van der Waals surface area contributed by atoms with Gasteiger partial charge >= 0.3 is 0 Å². The van der Waals surface area contributed by atoms with Crippen molar-refractivity contribution >= 4 is 16.6 Å². The molecule has 0 atom stereocenters. The molecule has 0 unspecified atom stereocenters. The maximum Gasteiger partial charge on any atom is 0.134 e. The number of hydrogen-bond donors (Lipinski definition) is 0. The predicted octanol–water partition coefficient (Wildman–Crippen LogP) is 4.95. The summed E-state index contributed by atoms with van der Waals surface area (Å²) in [5.74, 6) is 0.198. The Kier molecular flexibility index (Phi) is 3.57. The summed E-state index contributed by atoms with van der Waals surface area (Å²) < 4.78 is 0. The van der Waals surface area contributed by atoms with E-state index in [1.807, 2.05) is 0 Å². The van der Waals surface area contributed by atoms with Crippen LogP contribution in [-0.4, -0.2) is 5.78 Å². The number of carbonyl (C=O) groups is 1. The molecule has 0 fully saturated rings. The number of rotatable bonds is 3. The minimum atomic E-state index is 0.198. The Morgan fingerprint density at radius 2 is 1.62 bits per heavy atom. The zero-order valence-electron chi connectivity index (χ0n) is 12.4. The molecule has 0 amide bonds. The summed E-state index contributed by atoms with van der Waals surface area (Å²) in [5.41, 5.74) is 4.83. The first-order valence-corrected chi connectivity index (χ1v) is 7.22. The van der Waals surface area contributed by atoms with Gasteiger partial charge in [0.05, 0.1) is 0 Å². The minimum Gasteiger partial charge on any atom is -0.300 e. The van der Waals surface area contributed by atoms with Crippen LogP contribution in [0.15, 0.2) is 60.7 Å². The van der Waals surface area contributed by atoms with Crippen molar-refractivity contribution in [2.45, 2.75) is 20.3 Å². The lowest BCUT2D eigenvalue weighted by Crippen LogP contribution is -1.96. The third-order valence-electron chi connectivity index (χ3n) is 3.83. The topological polar surface area (TPSA) is 17.1 Å². The molecule has 0 aliphatic carbocycles. The zero-order chi connectivity index (χ0) is 14.8. The molecule has 3 rings (SSSR count). The maximum atomic E-state index is 11.2. The molecule has 21 heavy (non-hydrogen) atoms. The molecular formula is C20H18O. The van der Waals surface area contributed by atoms with Gasteiger partial charge in [-0.05, 0) is 46.9 Å². The van der Waals surface area contributed by atoms with Crippen LogP contribution in [-0.2, 0) is 11.2 Å². The molecule has 0 N–H and O–H groups in total. The van der Waals surface area contributed by atoms with Crippen LogP contribution in [0.1, 0.15) is 18.1 Å². The molecule has 0 saturated carbocycles. The van der Waals surface area contributed by atoms with Gasteiger partial charge in [0.15, 0.2) is 0 Å². The second-order valence-electron chi connectivity index (χ2n) is 5.55. The quantitative estimate of drug-likeness (QED) is 0.660. The van der Waals surface area contributed by atoms with Gasteiger partial charge < -0.3 is 0 Å². The molecule has 0 aliphatic rings. The van der Waals surface area contributed by atoms with Crippen molar-refractivity contribution in [2.75, 3.05) is 0 Å². The van der Waals surface area contributed by atoms with Gasteiger partial charge in [0, 0.05) is 6.42 Å². The van der Waals surface area contributed by atoms with Gasteiger partial charge in [0.2, 0.25) is 0 Å². The fraction of sp³-hybridized carbons (Fsp3) is 0.150. The molecule has 0 bridgehead atoms. The Balaban J connectivity index is 2.11. The number of aryl methyl sites for hydroxylation is 1. The Labute approximate surface area is 125 Å². The summed E-state index contributed by atoms with van der Waals surface area (Å²) in [6.07, 6.45) is 0.509. The van der Waals surface area contributed by atoms with Crippen LogP contribution in [0.2, 0.25) is 0 Å². The van der Waals surface area contributed by atoms with E-state index in [9.17, 15) is 4.79 Å². The van der Waals surface area contributed by atoms with Crippen LogP contribution in [0.5, 0.6) is 0 Å². The van der Waals surface area contributed by atoms with E-state index in [0.717, 1.165) is 5.56 Å². The first kappa shape index (κ1) is 13.6. The van der Waals surface area contributed by atoms with E-state index >= 15 is 0 Å². The summed E-state index contributed by atoms with van der Waals surface area (Å²) in [6.45, 7) is 3.77. The van der Waals surface area contributed by atoms with Crippen molar-refractivity contribution in [3.05, 3.63) is 71.8 Å². The first-order chi connectivity index (χ1) is 10.1. The maximum absolute atomic E-state index is 11.2. The normalized spacial score (nSPS) is 10.8. The largest absolute Gasteiger partial charge is 0.300 e. The number of carbonyl (C=O) groups excluding carboxylic acids is 1. The summed E-state index contributed by atoms with van der Waals surface area (Å²) in [6, 6.07) is 21.1. The lowest BCUT2D eigenvalue weighted by molar-refractivity contribution is -0.116. The van der Waals surface area contributed by atoms with Crippen LogP contribution >= 0.6 is 0 Å². The second kappa shape index (κ2) is 5.53. The second-order valence-corrected chi connectivity index (χ2v) is 5.55. The van der Waals surface area contributed by atoms with Crippen molar-refractivity contribution in [1.29, 1.82) is 0 Å². The molecule has 0 aliphatic heterocycles. The van der Waals surface area contributed by atoms with Gasteiger partial charge in [-0.2, -0.15) is 0 Å². The standard InChI is InChI=1S/C20H18O/c1-14-7-10-17-5-3-4-6-19(17)20(14)18-11-8-16(9-12-18)13-15(2)21/h3-12H,13H2,1-2H3. The van der Waals surface area contributed by atoms with Gasteiger partial charge in [0.25, 0.3) is 0 Å². The molecule has 0 saturated heterocycles.